The van der Waals surface area contributed by atoms with Gasteiger partial charge in [-0.05, 0) is 30.6 Å². The van der Waals surface area contributed by atoms with E-state index in [-0.39, 0.29) is 11.8 Å². The molecule has 5 atom stereocenters. The molecule has 15 heavy (non-hydrogen) atoms. The van der Waals surface area contributed by atoms with Gasteiger partial charge in [0, 0.05) is 6.04 Å². The van der Waals surface area contributed by atoms with Gasteiger partial charge < -0.3 is 15.5 Å². The largest absolute Gasteiger partial charge is 0.481 e. The van der Waals surface area contributed by atoms with Crippen molar-refractivity contribution in [1.82, 2.24) is 5.32 Å². The van der Waals surface area contributed by atoms with E-state index in [1.54, 1.807) is 0 Å². The molecule has 0 aromatic rings. The number of rotatable bonds is 2. The van der Waals surface area contributed by atoms with E-state index in [4.69, 9.17) is 10.2 Å². The molecule has 2 aliphatic carbocycles. The molecule has 5 heteroatoms. The van der Waals surface area contributed by atoms with Gasteiger partial charge in [-0.15, -0.1) is 0 Å². The lowest BCUT2D eigenvalue weighted by atomic mass is 9.84. The third-order valence-corrected chi connectivity index (χ3v) is 4.07. The van der Waals surface area contributed by atoms with Crippen molar-refractivity contribution in [2.45, 2.75) is 25.8 Å². The van der Waals surface area contributed by atoms with Crippen LogP contribution in [-0.2, 0) is 4.79 Å². The fourth-order valence-electron chi connectivity index (χ4n) is 3.45. The first-order valence-corrected chi connectivity index (χ1v) is 5.24. The molecule has 2 rings (SSSR count). The number of carboxylic acids is 1. The first-order valence-electron chi connectivity index (χ1n) is 5.24. The van der Waals surface area contributed by atoms with E-state index in [1.165, 1.54) is 0 Å². The predicted octanol–water partition coefficient (Wildman–Crippen LogP) is 0.999. The van der Waals surface area contributed by atoms with Crippen molar-refractivity contribution in [3.8, 4) is 0 Å². The van der Waals surface area contributed by atoms with E-state index in [9.17, 15) is 9.59 Å². The Balaban J connectivity index is 2.20. The molecule has 0 aromatic carbocycles. The molecule has 0 spiro atoms. The van der Waals surface area contributed by atoms with E-state index in [1.807, 2.05) is 6.92 Å². The first kappa shape index (κ1) is 10.3. The summed E-state index contributed by atoms with van der Waals surface area (Å²) in [5.74, 6) is -0.734. The molecular formula is C10H15NO4. The summed E-state index contributed by atoms with van der Waals surface area (Å²) in [4.78, 5) is 21.7. The van der Waals surface area contributed by atoms with Crippen molar-refractivity contribution < 1.29 is 19.8 Å². The lowest BCUT2D eigenvalue weighted by molar-refractivity contribution is -0.144. The predicted molar refractivity (Wildman–Crippen MR) is 51.5 cm³/mol. The van der Waals surface area contributed by atoms with E-state index < -0.39 is 24.0 Å². The van der Waals surface area contributed by atoms with Gasteiger partial charge in [0.1, 0.15) is 0 Å². The molecule has 3 N–H and O–H groups in total. The molecule has 1 amide bonds. The second-order valence-corrected chi connectivity index (χ2v) is 4.60. The minimum absolute atomic E-state index is 0.143. The quantitative estimate of drug-likeness (QED) is 0.638. The lowest BCUT2D eigenvalue weighted by Gasteiger charge is -2.27. The maximum Gasteiger partial charge on any atom is 0.404 e. The maximum atomic E-state index is 11.1. The van der Waals surface area contributed by atoms with Gasteiger partial charge in [-0.1, -0.05) is 6.92 Å². The number of carboxylic acid groups (broad SMARTS) is 2. The highest BCUT2D eigenvalue weighted by atomic mass is 16.4. The van der Waals surface area contributed by atoms with Gasteiger partial charge in [0.05, 0.1) is 5.92 Å². The molecule has 84 valence electrons. The Morgan fingerprint density at radius 1 is 1.20 bits per heavy atom. The van der Waals surface area contributed by atoms with Crippen LogP contribution in [0.5, 0.6) is 0 Å². The molecule has 2 saturated carbocycles. The molecule has 0 saturated heterocycles. The monoisotopic (exact) mass is 213 g/mol. The van der Waals surface area contributed by atoms with E-state index in [0.29, 0.717) is 5.92 Å². The first-order chi connectivity index (χ1) is 7.02. The summed E-state index contributed by atoms with van der Waals surface area (Å²) in [7, 11) is 0. The van der Waals surface area contributed by atoms with Crippen LogP contribution in [0.25, 0.3) is 0 Å². The Kier molecular flexibility index (Phi) is 2.32. The van der Waals surface area contributed by atoms with Gasteiger partial charge in [-0.25, -0.2) is 4.79 Å². The summed E-state index contributed by atoms with van der Waals surface area (Å²) < 4.78 is 0. The SMILES string of the molecule is C[C@H]1C2CCC1C(C(=O)O)C2NC(=O)O. The van der Waals surface area contributed by atoms with Gasteiger partial charge >= 0.3 is 12.1 Å². The smallest absolute Gasteiger partial charge is 0.404 e. The Morgan fingerprint density at radius 3 is 2.33 bits per heavy atom. The molecule has 2 bridgehead atoms. The zero-order valence-corrected chi connectivity index (χ0v) is 8.51. The number of carbonyl (C=O) groups is 2. The number of aliphatic carboxylic acids is 1. The van der Waals surface area contributed by atoms with Gasteiger partial charge in [0.15, 0.2) is 0 Å². The standard InChI is InChI=1S/C10H15NO4/c1-4-5-2-3-6(4)8(11-10(14)15)7(5)9(12)13/h4-8,11H,2-3H2,1H3,(H,12,13)(H,14,15)/t4-,5?,6?,7?,8?/m1/s1. The van der Waals surface area contributed by atoms with Crippen LogP contribution >= 0.6 is 0 Å². The van der Waals surface area contributed by atoms with Gasteiger partial charge in [0.25, 0.3) is 0 Å². The molecule has 5 nitrogen and oxygen atoms in total. The van der Waals surface area contributed by atoms with E-state index in [0.717, 1.165) is 12.8 Å². The number of amides is 1. The summed E-state index contributed by atoms with van der Waals surface area (Å²) in [6, 6.07) is -0.395. The Morgan fingerprint density at radius 2 is 1.80 bits per heavy atom. The van der Waals surface area contributed by atoms with Crippen LogP contribution in [0.3, 0.4) is 0 Å². The molecule has 2 fully saturated rings. The molecular weight excluding hydrogens is 198 g/mol. The maximum absolute atomic E-state index is 11.1. The highest BCUT2D eigenvalue weighted by Crippen LogP contribution is 2.52. The van der Waals surface area contributed by atoms with Crippen LogP contribution in [-0.4, -0.2) is 28.3 Å². The van der Waals surface area contributed by atoms with Gasteiger partial charge in [0.2, 0.25) is 0 Å². The molecule has 0 aliphatic heterocycles. The number of nitrogens with one attached hydrogen (secondary N) is 1. The number of fused-ring (bicyclic) bond motifs is 2. The fraction of sp³-hybridized carbons (Fsp3) is 0.800. The lowest BCUT2D eigenvalue weighted by Crippen LogP contribution is -2.46. The molecule has 0 aromatic heterocycles. The minimum atomic E-state index is -1.12. The molecule has 2 aliphatic rings. The summed E-state index contributed by atoms with van der Waals surface area (Å²) in [6.07, 6.45) is 0.743. The molecule has 4 unspecified atom stereocenters. The molecule has 0 radical (unpaired) electrons. The number of hydrogen-bond acceptors (Lipinski definition) is 2. The third kappa shape index (κ3) is 1.46. The summed E-state index contributed by atoms with van der Waals surface area (Å²) >= 11 is 0. The average Bonchev–Trinajstić information content (AvgIpc) is 2.58. The van der Waals surface area contributed by atoms with Crippen molar-refractivity contribution in [1.29, 1.82) is 0 Å². The van der Waals surface area contributed by atoms with Crippen molar-refractivity contribution in [3.63, 3.8) is 0 Å². The fourth-order valence-corrected chi connectivity index (χ4v) is 3.45. The van der Waals surface area contributed by atoms with Crippen LogP contribution in [0.1, 0.15) is 19.8 Å². The van der Waals surface area contributed by atoms with Crippen LogP contribution in [0.2, 0.25) is 0 Å². The zero-order valence-electron chi connectivity index (χ0n) is 8.51. The van der Waals surface area contributed by atoms with E-state index in [2.05, 4.69) is 5.32 Å². The molecule has 0 heterocycles. The number of hydrogen-bond donors (Lipinski definition) is 3. The Hall–Kier alpha value is -1.26. The Labute approximate surface area is 87.5 Å². The highest BCUT2D eigenvalue weighted by Gasteiger charge is 2.55. The average molecular weight is 213 g/mol. The van der Waals surface area contributed by atoms with Gasteiger partial charge in [-0.2, -0.15) is 0 Å². The minimum Gasteiger partial charge on any atom is -0.481 e. The van der Waals surface area contributed by atoms with Gasteiger partial charge in [-0.3, -0.25) is 4.79 Å². The second kappa shape index (κ2) is 3.40. The zero-order chi connectivity index (χ0) is 11.2. The second-order valence-electron chi connectivity index (χ2n) is 4.60. The van der Waals surface area contributed by atoms with Crippen LogP contribution < -0.4 is 5.32 Å². The summed E-state index contributed by atoms with van der Waals surface area (Å²) in [5.41, 5.74) is 0. The van der Waals surface area contributed by atoms with E-state index >= 15 is 0 Å². The highest BCUT2D eigenvalue weighted by molar-refractivity contribution is 5.74. The Bertz CT molecular complexity index is 304. The third-order valence-electron chi connectivity index (χ3n) is 4.07. The topological polar surface area (TPSA) is 86.6 Å². The van der Waals surface area contributed by atoms with Crippen LogP contribution in [0, 0.1) is 23.7 Å². The summed E-state index contributed by atoms with van der Waals surface area (Å²) in [5, 5.41) is 20.2. The van der Waals surface area contributed by atoms with Crippen molar-refractivity contribution in [2.75, 3.05) is 0 Å². The van der Waals surface area contributed by atoms with Crippen molar-refractivity contribution >= 4 is 12.1 Å². The van der Waals surface area contributed by atoms with Crippen molar-refractivity contribution in [3.05, 3.63) is 0 Å². The summed E-state index contributed by atoms with van der Waals surface area (Å²) in [6.45, 7) is 2.03. The van der Waals surface area contributed by atoms with Crippen molar-refractivity contribution in [2.24, 2.45) is 23.7 Å². The normalized spacial score (nSPS) is 42.9. The van der Waals surface area contributed by atoms with Crippen LogP contribution in [0.15, 0.2) is 0 Å². The van der Waals surface area contributed by atoms with Crippen LogP contribution in [0.4, 0.5) is 4.79 Å².